The molecule has 0 spiro atoms. The van der Waals surface area contributed by atoms with Gasteiger partial charge in [-0.15, -0.1) is 0 Å². The number of aliphatic hydroxyl groups excluding tert-OH is 1. The van der Waals surface area contributed by atoms with Gasteiger partial charge in [0.1, 0.15) is 5.76 Å². The third-order valence-corrected chi connectivity index (χ3v) is 2.95. The number of carbonyl (C=O) groups is 4. The molecule has 2 rings (SSSR count). The lowest BCUT2D eigenvalue weighted by Gasteiger charge is -2.14. The molecule has 2 amide bonds. The Morgan fingerprint density at radius 3 is 2.00 bits per heavy atom. The van der Waals surface area contributed by atoms with Gasteiger partial charge in [0.15, 0.2) is 0 Å². The lowest BCUT2D eigenvalue weighted by atomic mass is 10.1. The van der Waals surface area contributed by atoms with Crippen LogP contribution in [0, 0.1) is 0 Å². The highest BCUT2D eigenvalue weighted by Gasteiger charge is 2.30. The molecule has 0 unspecified atom stereocenters. The molecule has 2 N–H and O–H groups in total. The molecule has 1 aliphatic heterocycles. The van der Waals surface area contributed by atoms with Crippen LogP contribution in [-0.2, 0) is 19.2 Å². The summed E-state index contributed by atoms with van der Waals surface area (Å²) < 4.78 is 0. The summed E-state index contributed by atoms with van der Waals surface area (Å²) in [5.74, 6) is -4.02. The second-order valence-electron chi connectivity index (χ2n) is 4.37. The summed E-state index contributed by atoms with van der Waals surface area (Å²) in [4.78, 5) is 45.5. The van der Waals surface area contributed by atoms with Gasteiger partial charge in [-0.1, -0.05) is 0 Å². The van der Waals surface area contributed by atoms with Crippen LogP contribution in [0.2, 0.25) is 0 Å². The van der Waals surface area contributed by atoms with Gasteiger partial charge in [0.05, 0.1) is 5.69 Å². The number of ketones is 1. The molecule has 108 valence electrons. The van der Waals surface area contributed by atoms with Crippen molar-refractivity contribution in [1.82, 2.24) is 0 Å². The number of benzene rings is 1. The number of rotatable bonds is 4. The standard InChI is InChI=1S/C14H11NO6/c16-10(7-11(17)14(20)21)8-1-3-9(4-2-8)15-12(18)5-6-13(15)19/h1-4,7,16H,5-6H2,(H,20,21). The highest BCUT2D eigenvalue weighted by atomic mass is 16.4. The molecule has 1 saturated heterocycles. The number of carboxylic acids is 1. The van der Waals surface area contributed by atoms with E-state index in [1.54, 1.807) is 0 Å². The Labute approximate surface area is 119 Å². The minimum Gasteiger partial charge on any atom is -0.507 e. The van der Waals surface area contributed by atoms with Crippen LogP contribution in [0.15, 0.2) is 30.3 Å². The Hall–Kier alpha value is -2.96. The van der Waals surface area contributed by atoms with E-state index in [1.165, 1.54) is 24.3 Å². The molecule has 1 heterocycles. The van der Waals surface area contributed by atoms with Crippen molar-refractivity contribution < 1.29 is 29.4 Å². The monoisotopic (exact) mass is 289 g/mol. The van der Waals surface area contributed by atoms with Gasteiger partial charge in [-0.05, 0) is 24.3 Å². The molecule has 0 atom stereocenters. The van der Waals surface area contributed by atoms with Crippen LogP contribution in [0.25, 0.3) is 5.76 Å². The molecule has 0 aliphatic carbocycles. The fraction of sp³-hybridized carbons (Fsp3) is 0.143. The number of anilines is 1. The number of hydrogen-bond donors (Lipinski definition) is 2. The fourth-order valence-corrected chi connectivity index (χ4v) is 1.92. The van der Waals surface area contributed by atoms with Crippen LogP contribution >= 0.6 is 0 Å². The zero-order chi connectivity index (χ0) is 15.6. The predicted molar refractivity (Wildman–Crippen MR) is 71.4 cm³/mol. The number of hydrogen-bond acceptors (Lipinski definition) is 5. The van der Waals surface area contributed by atoms with Crippen molar-refractivity contribution in [3.8, 4) is 0 Å². The average molecular weight is 289 g/mol. The number of aliphatic hydroxyl groups is 1. The van der Waals surface area contributed by atoms with Gasteiger partial charge in [0.25, 0.3) is 5.78 Å². The summed E-state index contributed by atoms with van der Waals surface area (Å²) in [5.41, 5.74) is 0.566. The van der Waals surface area contributed by atoms with Gasteiger partial charge >= 0.3 is 5.97 Å². The van der Waals surface area contributed by atoms with E-state index in [2.05, 4.69) is 0 Å². The molecule has 1 aromatic rings. The van der Waals surface area contributed by atoms with Crippen molar-refractivity contribution in [1.29, 1.82) is 0 Å². The molecule has 0 saturated carbocycles. The lowest BCUT2D eigenvalue weighted by Crippen LogP contribution is -2.28. The molecule has 21 heavy (non-hydrogen) atoms. The second kappa shape index (κ2) is 5.58. The normalized spacial score (nSPS) is 15.4. The predicted octanol–water partition coefficient (Wildman–Crippen LogP) is 0.893. The van der Waals surface area contributed by atoms with E-state index in [0.29, 0.717) is 11.8 Å². The Balaban J connectivity index is 2.23. The first-order chi connectivity index (χ1) is 9.90. The molecule has 7 nitrogen and oxygen atoms in total. The quantitative estimate of drug-likeness (QED) is 0.368. The van der Waals surface area contributed by atoms with Gasteiger partial charge in [0.2, 0.25) is 11.8 Å². The maximum Gasteiger partial charge on any atom is 0.376 e. The largest absolute Gasteiger partial charge is 0.507 e. The molecule has 1 aliphatic rings. The van der Waals surface area contributed by atoms with Crippen molar-refractivity contribution >= 4 is 35.0 Å². The van der Waals surface area contributed by atoms with Gasteiger partial charge in [-0.25, -0.2) is 4.79 Å². The summed E-state index contributed by atoms with van der Waals surface area (Å²) in [5, 5.41) is 18.1. The number of aliphatic carboxylic acids is 1. The number of carbonyl (C=O) groups excluding carboxylic acids is 3. The molecule has 0 bridgehead atoms. The van der Waals surface area contributed by atoms with Gasteiger partial charge < -0.3 is 10.2 Å². The van der Waals surface area contributed by atoms with E-state index in [-0.39, 0.29) is 30.2 Å². The molecule has 0 radical (unpaired) electrons. The van der Waals surface area contributed by atoms with E-state index in [0.717, 1.165) is 4.90 Å². The van der Waals surface area contributed by atoms with Crippen LogP contribution < -0.4 is 4.90 Å². The smallest absolute Gasteiger partial charge is 0.376 e. The third kappa shape index (κ3) is 2.97. The third-order valence-electron chi connectivity index (χ3n) is 2.95. The summed E-state index contributed by atoms with van der Waals surface area (Å²) >= 11 is 0. The van der Waals surface area contributed by atoms with Crippen LogP contribution in [0.1, 0.15) is 18.4 Å². The SMILES string of the molecule is O=C(O)C(=O)C=C(O)c1ccc(N2C(=O)CCC2=O)cc1. The van der Waals surface area contributed by atoms with E-state index in [1.807, 2.05) is 0 Å². The molecule has 7 heteroatoms. The lowest BCUT2D eigenvalue weighted by molar-refractivity contribution is -0.146. The van der Waals surface area contributed by atoms with Gasteiger partial charge in [0, 0.05) is 24.5 Å². The highest BCUT2D eigenvalue weighted by molar-refractivity contribution is 6.38. The molecule has 1 aromatic carbocycles. The first-order valence-corrected chi connectivity index (χ1v) is 6.04. The summed E-state index contributed by atoms with van der Waals surface area (Å²) in [6.45, 7) is 0. The number of nitrogens with zero attached hydrogens (tertiary/aromatic N) is 1. The van der Waals surface area contributed by atoms with Crippen molar-refractivity contribution in [3.05, 3.63) is 35.9 Å². The average Bonchev–Trinajstić information content (AvgIpc) is 2.78. The first kappa shape index (κ1) is 14.4. The Bertz CT molecular complexity index is 643. The van der Waals surface area contributed by atoms with E-state index in [4.69, 9.17) is 5.11 Å². The molecule has 0 aromatic heterocycles. The first-order valence-electron chi connectivity index (χ1n) is 6.04. The summed E-state index contributed by atoms with van der Waals surface area (Å²) in [6, 6.07) is 5.64. The van der Waals surface area contributed by atoms with Crippen molar-refractivity contribution in [2.45, 2.75) is 12.8 Å². The zero-order valence-electron chi connectivity index (χ0n) is 10.8. The van der Waals surface area contributed by atoms with Crippen LogP contribution in [0.3, 0.4) is 0 Å². The highest BCUT2D eigenvalue weighted by Crippen LogP contribution is 2.24. The maximum atomic E-state index is 11.6. The van der Waals surface area contributed by atoms with Crippen LogP contribution in [0.4, 0.5) is 5.69 Å². The number of amides is 2. The minimum absolute atomic E-state index is 0.166. The fourth-order valence-electron chi connectivity index (χ4n) is 1.92. The van der Waals surface area contributed by atoms with Gasteiger partial charge in [-0.3, -0.25) is 19.3 Å². The van der Waals surface area contributed by atoms with E-state index >= 15 is 0 Å². The zero-order valence-corrected chi connectivity index (χ0v) is 10.8. The topological polar surface area (TPSA) is 112 Å². The second-order valence-corrected chi connectivity index (χ2v) is 4.37. The van der Waals surface area contributed by atoms with E-state index in [9.17, 15) is 24.3 Å². The van der Waals surface area contributed by atoms with Gasteiger partial charge in [-0.2, -0.15) is 0 Å². The van der Waals surface area contributed by atoms with E-state index < -0.39 is 17.5 Å². The Kier molecular flexibility index (Phi) is 3.84. The minimum atomic E-state index is -1.67. The number of carboxylic acid groups (broad SMARTS) is 1. The van der Waals surface area contributed by atoms with Crippen LogP contribution in [-0.4, -0.2) is 33.8 Å². The van der Waals surface area contributed by atoms with Crippen LogP contribution in [0.5, 0.6) is 0 Å². The molecular formula is C14H11NO6. The Morgan fingerprint density at radius 1 is 1.00 bits per heavy atom. The molecule has 1 fully saturated rings. The Morgan fingerprint density at radius 2 is 1.52 bits per heavy atom. The molecular weight excluding hydrogens is 278 g/mol. The summed E-state index contributed by atoms with van der Waals surface area (Å²) in [6.07, 6.45) is 0.918. The van der Waals surface area contributed by atoms with Crippen molar-refractivity contribution in [2.24, 2.45) is 0 Å². The maximum absolute atomic E-state index is 11.6. The van der Waals surface area contributed by atoms with Crippen molar-refractivity contribution in [2.75, 3.05) is 4.90 Å². The number of imide groups is 1. The summed E-state index contributed by atoms with van der Waals surface area (Å²) in [7, 11) is 0. The van der Waals surface area contributed by atoms with Crippen molar-refractivity contribution in [3.63, 3.8) is 0 Å².